The maximum atomic E-state index is 2.57. The van der Waals surface area contributed by atoms with Gasteiger partial charge in [-0.3, -0.25) is 0 Å². The smallest absolute Gasteiger partial charge is 0.0124 e. The summed E-state index contributed by atoms with van der Waals surface area (Å²) in [6.45, 7) is 3.69. The van der Waals surface area contributed by atoms with Crippen molar-refractivity contribution in [3.63, 3.8) is 0 Å². The second-order valence-corrected chi connectivity index (χ2v) is 4.34. The standard InChI is InChI=1S/C10H19N/c1-3-8-6-9-4-5-11(2)10(9)7-8/h8-10H,3-7H2,1-2H3. The second-order valence-electron chi connectivity index (χ2n) is 4.34. The highest BCUT2D eigenvalue weighted by molar-refractivity contribution is 4.93. The van der Waals surface area contributed by atoms with E-state index in [0.717, 1.165) is 17.9 Å². The molecular formula is C10H19N. The average molecular weight is 153 g/mol. The summed E-state index contributed by atoms with van der Waals surface area (Å²) in [6, 6.07) is 0.958. The van der Waals surface area contributed by atoms with E-state index in [4.69, 9.17) is 0 Å². The number of rotatable bonds is 1. The quantitative estimate of drug-likeness (QED) is 0.558. The number of nitrogens with zero attached hydrogens (tertiary/aromatic N) is 1. The maximum absolute atomic E-state index is 2.57. The summed E-state index contributed by atoms with van der Waals surface area (Å²) >= 11 is 0. The van der Waals surface area contributed by atoms with E-state index in [0.29, 0.717) is 0 Å². The first-order valence-electron chi connectivity index (χ1n) is 5.01. The fourth-order valence-corrected chi connectivity index (χ4v) is 2.93. The van der Waals surface area contributed by atoms with Crippen LogP contribution in [0.1, 0.15) is 32.6 Å². The molecule has 2 rings (SSSR count). The summed E-state index contributed by atoms with van der Waals surface area (Å²) < 4.78 is 0. The fraction of sp³-hybridized carbons (Fsp3) is 1.00. The van der Waals surface area contributed by atoms with Gasteiger partial charge in [0.15, 0.2) is 0 Å². The Labute approximate surface area is 69.8 Å². The minimum atomic E-state index is 0.958. The zero-order valence-electron chi connectivity index (χ0n) is 7.71. The molecular weight excluding hydrogens is 134 g/mol. The van der Waals surface area contributed by atoms with Gasteiger partial charge >= 0.3 is 0 Å². The first-order chi connectivity index (χ1) is 5.31. The summed E-state index contributed by atoms with van der Waals surface area (Å²) in [7, 11) is 2.29. The molecule has 3 atom stereocenters. The summed E-state index contributed by atoms with van der Waals surface area (Å²) in [4.78, 5) is 2.57. The number of likely N-dealkylation sites (tertiary alicyclic amines) is 1. The molecule has 0 bridgehead atoms. The Balaban J connectivity index is 1.98. The number of hydrogen-bond acceptors (Lipinski definition) is 1. The Bertz CT molecular complexity index is 144. The lowest BCUT2D eigenvalue weighted by atomic mass is 10.0. The Morgan fingerprint density at radius 1 is 1.36 bits per heavy atom. The average Bonchev–Trinajstić information content (AvgIpc) is 2.53. The summed E-state index contributed by atoms with van der Waals surface area (Å²) in [5, 5.41) is 0. The highest BCUT2D eigenvalue weighted by Gasteiger charge is 2.39. The summed E-state index contributed by atoms with van der Waals surface area (Å²) in [6.07, 6.45) is 5.88. The van der Waals surface area contributed by atoms with Crippen LogP contribution in [0.3, 0.4) is 0 Å². The Morgan fingerprint density at radius 2 is 2.18 bits per heavy atom. The van der Waals surface area contributed by atoms with Crippen LogP contribution in [0.5, 0.6) is 0 Å². The molecule has 1 saturated carbocycles. The summed E-state index contributed by atoms with van der Waals surface area (Å²) in [5.41, 5.74) is 0. The molecule has 1 nitrogen and oxygen atoms in total. The van der Waals surface area contributed by atoms with Gasteiger partial charge in [0, 0.05) is 6.04 Å². The molecule has 0 aromatic carbocycles. The molecule has 0 spiro atoms. The fourth-order valence-electron chi connectivity index (χ4n) is 2.93. The minimum absolute atomic E-state index is 0.958. The van der Waals surface area contributed by atoms with Gasteiger partial charge in [-0.15, -0.1) is 0 Å². The maximum Gasteiger partial charge on any atom is 0.0124 e. The van der Waals surface area contributed by atoms with Crippen molar-refractivity contribution in [2.75, 3.05) is 13.6 Å². The molecule has 3 unspecified atom stereocenters. The van der Waals surface area contributed by atoms with E-state index in [1.807, 2.05) is 0 Å². The van der Waals surface area contributed by atoms with Crippen molar-refractivity contribution >= 4 is 0 Å². The van der Waals surface area contributed by atoms with E-state index in [-0.39, 0.29) is 0 Å². The molecule has 64 valence electrons. The van der Waals surface area contributed by atoms with Crippen LogP contribution in [0, 0.1) is 11.8 Å². The first kappa shape index (κ1) is 7.60. The minimum Gasteiger partial charge on any atom is -0.303 e. The first-order valence-corrected chi connectivity index (χ1v) is 5.01. The Hall–Kier alpha value is -0.0400. The van der Waals surface area contributed by atoms with Crippen molar-refractivity contribution in [3.8, 4) is 0 Å². The largest absolute Gasteiger partial charge is 0.303 e. The van der Waals surface area contributed by atoms with Gasteiger partial charge in [0.25, 0.3) is 0 Å². The monoisotopic (exact) mass is 153 g/mol. The molecule has 1 aliphatic heterocycles. The molecule has 1 heteroatoms. The Morgan fingerprint density at radius 3 is 2.82 bits per heavy atom. The molecule has 1 heterocycles. The van der Waals surface area contributed by atoms with Gasteiger partial charge in [0.05, 0.1) is 0 Å². The molecule has 1 aliphatic carbocycles. The van der Waals surface area contributed by atoms with E-state index in [1.54, 1.807) is 0 Å². The highest BCUT2D eigenvalue weighted by Crippen LogP contribution is 2.41. The molecule has 0 amide bonds. The van der Waals surface area contributed by atoms with Gasteiger partial charge in [0.1, 0.15) is 0 Å². The van der Waals surface area contributed by atoms with Crippen molar-refractivity contribution in [2.45, 2.75) is 38.6 Å². The zero-order valence-corrected chi connectivity index (χ0v) is 7.71. The van der Waals surface area contributed by atoms with Crippen LogP contribution in [-0.2, 0) is 0 Å². The van der Waals surface area contributed by atoms with Crippen LogP contribution >= 0.6 is 0 Å². The summed E-state index contributed by atoms with van der Waals surface area (Å²) in [5.74, 6) is 2.11. The number of hydrogen-bond donors (Lipinski definition) is 0. The van der Waals surface area contributed by atoms with Gasteiger partial charge < -0.3 is 4.90 Å². The SMILES string of the molecule is CCC1CC2CCN(C)C2C1. The van der Waals surface area contributed by atoms with Crippen molar-refractivity contribution in [1.82, 2.24) is 4.90 Å². The van der Waals surface area contributed by atoms with Crippen LogP contribution in [-0.4, -0.2) is 24.5 Å². The van der Waals surface area contributed by atoms with Crippen LogP contribution in [0.15, 0.2) is 0 Å². The third-order valence-electron chi connectivity index (χ3n) is 3.75. The van der Waals surface area contributed by atoms with Crippen LogP contribution in [0.25, 0.3) is 0 Å². The topological polar surface area (TPSA) is 3.24 Å². The van der Waals surface area contributed by atoms with Gasteiger partial charge in [-0.2, -0.15) is 0 Å². The molecule has 1 saturated heterocycles. The van der Waals surface area contributed by atoms with Crippen molar-refractivity contribution in [2.24, 2.45) is 11.8 Å². The molecule has 0 aromatic rings. The lowest BCUT2D eigenvalue weighted by Crippen LogP contribution is -2.25. The van der Waals surface area contributed by atoms with Gasteiger partial charge in [-0.25, -0.2) is 0 Å². The van der Waals surface area contributed by atoms with Gasteiger partial charge in [-0.05, 0) is 44.7 Å². The highest BCUT2D eigenvalue weighted by atomic mass is 15.2. The molecule has 2 fully saturated rings. The van der Waals surface area contributed by atoms with Gasteiger partial charge in [-0.1, -0.05) is 13.3 Å². The predicted molar refractivity (Wildman–Crippen MR) is 47.5 cm³/mol. The van der Waals surface area contributed by atoms with E-state index in [9.17, 15) is 0 Å². The lowest BCUT2D eigenvalue weighted by molar-refractivity contribution is 0.286. The van der Waals surface area contributed by atoms with Crippen LogP contribution < -0.4 is 0 Å². The zero-order chi connectivity index (χ0) is 7.84. The van der Waals surface area contributed by atoms with Crippen LogP contribution in [0.2, 0.25) is 0 Å². The van der Waals surface area contributed by atoms with Crippen molar-refractivity contribution in [1.29, 1.82) is 0 Å². The van der Waals surface area contributed by atoms with Crippen molar-refractivity contribution in [3.05, 3.63) is 0 Å². The van der Waals surface area contributed by atoms with E-state index < -0.39 is 0 Å². The van der Waals surface area contributed by atoms with E-state index in [1.165, 1.54) is 32.2 Å². The third kappa shape index (κ3) is 1.20. The molecule has 2 aliphatic rings. The van der Waals surface area contributed by atoms with Gasteiger partial charge in [0.2, 0.25) is 0 Å². The normalized spacial score (nSPS) is 44.7. The molecule has 0 aromatic heterocycles. The molecule has 11 heavy (non-hydrogen) atoms. The predicted octanol–water partition coefficient (Wildman–Crippen LogP) is 2.13. The lowest BCUT2D eigenvalue weighted by Gasteiger charge is -2.18. The van der Waals surface area contributed by atoms with Crippen LogP contribution in [0.4, 0.5) is 0 Å². The second kappa shape index (κ2) is 2.78. The van der Waals surface area contributed by atoms with E-state index in [2.05, 4.69) is 18.9 Å². The van der Waals surface area contributed by atoms with E-state index >= 15 is 0 Å². The molecule has 0 N–H and O–H groups in total. The number of fused-ring (bicyclic) bond motifs is 1. The van der Waals surface area contributed by atoms with Crippen molar-refractivity contribution < 1.29 is 0 Å². The molecule has 0 radical (unpaired) electrons. The Kier molecular flexibility index (Phi) is 1.92. The third-order valence-corrected chi connectivity index (χ3v) is 3.75.